The van der Waals surface area contributed by atoms with Crippen molar-refractivity contribution >= 4 is 5.91 Å². The van der Waals surface area contributed by atoms with E-state index in [4.69, 9.17) is 0 Å². The van der Waals surface area contributed by atoms with Crippen molar-refractivity contribution in [2.45, 2.75) is 12.8 Å². The molecule has 14 heavy (non-hydrogen) atoms. The van der Waals surface area contributed by atoms with E-state index >= 15 is 0 Å². The highest BCUT2D eigenvalue weighted by Crippen LogP contribution is 2.27. The Balaban J connectivity index is 1.98. The van der Waals surface area contributed by atoms with Gasteiger partial charge in [-0.05, 0) is 30.9 Å². The van der Waals surface area contributed by atoms with Gasteiger partial charge in [-0.25, -0.2) is 4.98 Å². The first-order valence-corrected chi connectivity index (χ1v) is 4.66. The predicted octanol–water partition coefficient (Wildman–Crippen LogP) is 1.36. The summed E-state index contributed by atoms with van der Waals surface area (Å²) in [5.41, 5.74) is 0.0214. The van der Waals surface area contributed by atoms with E-state index in [1.54, 1.807) is 6.07 Å². The number of nitrogens with one attached hydrogen (secondary N) is 1. The fraction of sp³-hybridized carbons (Fsp3) is 0.400. The molecule has 0 aromatic carbocycles. The standard InChI is InChI=1S/C10H11FN2O/c11-9-8(2-1-5-12-9)10(14)13-6-7-3-4-7/h1-2,5,7H,3-4,6H2,(H,13,14). The average Bonchev–Trinajstić information content (AvgIpc) is 2.98. The first-order valence-electron chi connectivity index (χ1n) is 4.66. The molecule has 1 aliphatic rings. The smallest absolute Gasteiger partial charge is 0.255 e. The lowest BCUT2D eigenvalue weighted by molar-refractivity contribution is 0.0947. The Morgan fingerprint density at radius 2 is 2.43 bits per heavy atom. The highest BCUT2D eigenvalue weighted by Gasteiger charge is 2.22. The maximum Gasteiger partial charge on any atom is 0.255 e. The molecule has 1 aliphatic carbocycles. The number of nitrogens with zero attached hydrogens (tertiary/aromatic N) is 1. The molecule has 74 valence electrons. The van der Waals surface area contributed by atoms with Crippen LogP contribution in [0.2, 0.25) is 0 Å². The van der Waals surface area contributed by atoms with Crippen LogP contribution in [-0.2, 0) is 0 Å². The molecule has 0 spiro atoms. The predicted molar refractivity (Wildman–Crippen MR) is 49.3 cm³/mol. The summed E-state index contributed by atoms with van der Waals surface area (Å²) in [6, 6.07) is 2.99. The molecule has 0 aliphatic heterocycles. The number of aromatic nitrogens is 1. The summed E-state index contributed by atoms with van der Waals surface area (Å²) in [7, 11) is 0. The quantitative estimate of drug-likeness (QED) is 0.738. The van der Waals surface area contributed by atoms with Crippen LogP contribution in [-0.4, -0.2) is 17.4 Å². The van der Waals surface area contributed by atoms with E-state index in [1.807, 2.05) is 0 Å². The Labute approximate surface area is 81.3 Å². The van der Waals surface area contributed by atoms with E-state index in [2.05, 4.69) is 10.3 Å². The van der Waals surface area contributed by atoms with Gasteiger partial charge < -0.3 is 5.32 Å². The van der Waals surface area contributed by atoms with Crippen LogP contribution in [0, 0.1) is 11.9 Å². The van der Waals surface area contributed by atoms with Crippen LogP contribution in [0.15, 0.2) is 18.3 Å². The van der Waals surface area contributed by atoms with E-state index in [0.29, 0.717) is 12.5 Å². The van der Waals surface area contributed by atoms with E-state index in [-0.39, 0.29) is 11.5 Å². The number of pyridine rings is 1. The molecule has 0 atom stereocenters. The average molecular weight is 194 g/mol. The van der Waals surface area contributed by atoms with Crippen molar-refractivity contribution in [2.24, 2.45) is 5.92 Å². The van der Waals surface area contributed by atoms with Gasteiger partial charge in [0.05, 0.1) is 5.56 Å². The van der Waals surface area contributed by atoms with Gasteiger partial charge in [-0.3, -0.25) is 4.79 Å². The minimum Gasteiger partial charge on any atom is -0.352 e. The van der Waals surface area contributed by atoms with Crippen molar-refractivity contribution in [3.63, 3.8) is 0 Å². The lowest BCUT2D eigenvalue weighted by atomic mass is 10.2. The molecule has 1 saturated carbocycles. The lowest BCUT2D eigenvalue weighted by Crippen LogP contribution is -2.26. The van der Waals surface area contributed by atoms with Gasteiger partial charge in [-0.1, -0.05) is 0 Å². The first kappa shape index (κ1) is 9.12. The van der Waals surface area contributed by atoms with Crippen LogP contribution >= 0.6 is 0 Å². The van der Waals surface area contributed by atoms with Crippen LogP contribution in [0.5, 0.6) is 0 Å². The third-order valence-electron chi connectivity index (χ3n) is 2.25. The second-order valence-electron chi connectivity index (χ2n) is 3.50. The molecule has 1 heterocycles. The molecule has 0 radical (unpaired) electrons. The van der Waals surface area contributed by atoms with E-state index in [1.165, 1.54) is 12.3 Å². The van der Waals surface area contributed by atoms with Gasteiger partial charge in [0, 0.05) is 12.7 Å². The van der Waals surface area contributed by atoms with Crippen molar-refractivity contribution in [1.82, 2.24) is 10.3 Å². The normalized spacial score (nSPS) is 15.2. The molecule has 3 nitrogen and oxygen atoms in total. The van der Waals surface area contributed by atoms with Crippen LogP contribution in [0.4, 0.5) is 4.39 Å². The molecular formula is C10H11FN2O. The number of amides is 1. The summed E-state index contributed by atoms with van der Waals surface area (Å²) in [6.07, 6.45) is 3.65. The third-order valence-corrected chi connectivity index (χ3v) is 2.25. The number of rotatable bonds is 3. The molecule has 1 amide bonds. The summed E-state index contributed by atoms with van der Waals surface area (Å²) in [5, 5.41) is 2.68. The maximum absolute atomic E-state index is 13.0. The van der Waals surface area contributed by atoms with E-state index < -0.39 is 5.95 Å². The van der Waals surface area contributed by atoms with Crippen molar-refractivity contribution in [3.05, 3.63) is 29.8 Å². The Kier molecular flexibility index (Phi) is 2.43. The lowest BCUT2D eigenvalue weighted by Gasteiger charge is -2.03. The number of carbonyl (C=O) groups excluding carboxylic acids is 1. The van der Waals surface area contributed by atoms with Crippen molar-refractivity contribution in [2.75, 3.05) is 6.54 Å². The van der Waals surface area contributed by atoms with Crippen LogP contribution in [0.25, 0.3) is 0 Å². The van der Waals surface area contributed by atoms with Gasteiger partial charge in [0.2, 0.25) is 5.95 Å². The largest absolute Gasteiger partial charge is 0.352 e. The second-order valence-corrected chi connectivity index (χ2v) is 3.50. The van der Waals surface area contributed by atoms with Gasteiger partial charge in [-0.2, -0.15) is 4.39 Å². The van der Waals surface area contributed by atoms with Crippen LogP contribution < -0.4 is 5.32 Å². The van der Waals surface area contributed by atoms with Crippen molar-refractivity contribution in [1.29, 1.82) is 0 Å². The fourth-order valence-corrected chi connectivity index (χ4v) is 1.21. The molecule has 1 aromatic heterocycles. The van der Waals surface area contributed by atoms with E-state index in [0.717, 1.165) is 12.8 Å². The Morgan fingerprint density at radius 1 is 1.64 bits per heavy atom. The molecule has 4 heteroatoms. The summed E-state index contributed by atoms with van der Waals surface area (Å²) < 4.78 is 13.0. The summed E-state index contributed by atoms with van der Waals surface area (Å²) >= 11 is 0. The summed E-state index contributed by atoms with van der Waals surface area (Å²) in [5.74, 6) is -0.484. The zero-order chi connectivity index (χ0) is 9.97. The Bertz CT molecular complexity index is 350. The minimum absolute atomic E-state index is 0.0214. The zero-order valence-corrected chi connectivity index (χ0v) is 7.66. The number of halogens is 1. The third kappa shape index (κ3) is 2.07. The molecule has 1 fully saturated rings. The molecule has 2 rings (SSSR count). The minimum atomic E-state index is -0.708. The zero-order valence-electron chi connectivity index (χ0n) is 7.66. The van der Waals surface area contributed by atoms with Gasteiger partial charge in [0.15, 0.2) is 0 Å². The van der Waals surface area contributed by atoms with Gasteiger partial charge >= 0.3 is 0 Å². The summed E-state index contributed by atoms with van der Waals surface area (Å²) in [6.45, 7) is 0.646. The van der Waals surface area contributed by atoms with Gasteiger partial charge in [0.25, 0.3) is 5.91 Å². The van der Waals surface area contributed by atoms with E-state index in [9.17, 15) is 9.18 Å². The molecule has 0 saturated heterocycles. The molecule has 0 unspecified atom stereocenters. The van der Waals surface area contributed by atoms with Crippen molar-refractivity contribution in [3.8, 4) is 0 Å². The summed E-state index contributed by atoms with van der Waals surface area (Å²) in [4.78, 5) is 14.8. The number of hydrogen-bond donors (Lipinski definition) is 1. The van der Waals surface area contributed by atoms with Crippen LogP contribution in [0.1, 0.15) is 23.2 Å². The van der Waals surface area contributed by atoms with Crippen LogP contribution in [0.3, 0.4) is 0 Å². The fourth-order valence-electron chi connectivity index (χ4n) is 1.21. The Hall–Kier alpha value is -1.45. The number of carbonyl (C=O) groups is 1. The van der Waals surface area contributed by atoms with Crippen molar-refractivity contribution < 1.29 is 9.18 Å². The highest BCUT2D eigenvalue weighted by molar-refractivity contribution is 5.94. The topological polar surface area (TPSA) is 42.0 Å². The van der Waals surface area contributed by atoms with Gasteiger partial charge in [-0.15, -0.1) is 0 Å². The molecule has 0 bridgehead atoms. The second kappa shape index (κ2) is 3.74. The SMILES string of the molecule is O=C(NCC1CC1)c1cccnc1F. The maximum atomic E-state index is 13.0. The highest BCUT2D eigenvalue weighted by atomic mass is 19.1. The molecular weight excluding hydrogens is 183 g/mol. The van der Waals surface area contributed by atoms with Gasteiger partial charge in [0.1, 0.15) is 0 Å². The molecule has 1 aromatic rings. The monoisotopic (exact) mass is 194 g/mol. The molecule has 1 N–H and O–H groups in total. The Morgan fingerprint density at radius 3 is 3.07 bits per heavy atom. The number of hydrogen-bond acceptors (Lipinski definition) is 2. The first-order chi connectivity index (χ1) is 6.77.